The molecule has 0 aliphatic carbocycles. The molecule has 25 heavy (non-hydrogen) atoms. The summed E-state index contributed by atoms with van der Waals surface area (Å²) in [6.07, 6.45) is -5.00. The van der Waals surface area contributed by atoms with Crippen LogP contribution in [0.5, 0.6) is 0 Å². The molecule has 1 aliphatic heterocycles. The Bertz CT molecular complexity index is 833. The summed E-state index contributed by atoms with van der Waals surface area (Å²) >= 11 is 0. The van der Waals surface area contributed by atoms with Crippen molar-refractivity contribution in [2.75, 3.05) is 6.61 Å². The molecule has 1 aliphatic rings. The van der Waals surface area contributed by atoms with Gasteiger partial charge in [0.25, 0.3) is 13.0 Å². The first-order chi connectivity index (χ1) is 11.4. The van der Waals surface area contributed by atoms with Gasteiger partial charge in [0.1, 0.15) is 18.3 Å². The van der Waals surface area contributed by atoms with E-state index in [0.29, 0.717) is 0 Å². The average Bonchev–Trinajstić information content (AvgIpc) is 2.71. The van der Waals surface area contributed by atoms with Crippen molar-refractivity contribution >= 4 is 22.9 Å². The van der Waals surface area contributed by atoms with E-state index >= 15 is 0 Å². The third-order valence-corrected chi connectivity index (χ3v) is 5.37. The van der Waals surface area contributed by atoms with Crippen LogP contribution in [-0.2, 0) is 22.7 Å². The first-order valence-corrected chi connectivity index (χ1v) is 9.67. The van der Waals surface area contributed by atoms with Gasteiger partial charge in [-0.1, -0.05) is 0 Å². The van der Waals surface area contributed by atoms with Gasteiger partial charge in [-0.3, -0.25) is 18.9 Å². The van der Waals surface area contributed by atoms with E-state index in [-0.39, 0.29) is 0 Å². The Balaban J connectivity index is 2.09. The van der Waals surface area contributed by atoms with E-state index in [9.17, 15) is 28.9 Å². The highest BCUT2D eigenvalue weighted by molar-refractivity contribution is 7.83. The number of hydrogen-bond acceptors (Lipinski definition) is 9. The number of aromatic amines is 1. The Hall–Kier alpha value is -1.08. The second-order valence-corrected chi connectivity index (χ2v) is 7.94. The molecule has 5 atom stereocenters. The van der Waals surface area contributed by atoms with E-state index in [1.54, 1.807) is 0 Å². The quantitative estimate of drug-likeness (QED) is 0.252. The molecule has 2 radical (unpaired) electrons. The van der Waals surface area contributed by atoms with Gasteiger partial charge in [-0.05, 0) is 0 Å². The molecule has 2 unspecified atom stereocenters. The predicted molar refractivity (Wildman–Crippen MR) is 79.7 cm³/mol. The predicted octanol–water partition coefficient (Wildman–Crippen LogP) is -2.44. The van der Waals surface area contributed by atoms with Gasteiger partial charge in [0.05, 0.1) is 6.61 Å². The Morgan fingerprint density at radius 2 is 1.92 bits per heavy atom. The largest absolute Gasteiger partial charge is 0.476 e. The summed E-state index contributed by atoms with van der Waals surface area (Å²) in [5.41, 5.74) is -1.60. The van der Waals surface area contributed by atoms with E-state index < -0.39 is 57.7 Å². The smallest absolute Gasteiger partial charge is 0.387 e. The van der Waals surface area contributed by atoms with Crippen molar-refractivity contribution in [1.82, 2.24) is 9.55 Å². The number of hydrogen-bond donors (Lipinski definition) is 5. The maximum atomic E-state index is 11.7. The molecule has 16 heteroatoms. The van der Waals surface area contributed by atoms with E-state index in [2.05, 4.69) is 8.83 Å². The minimum absolute atomic E-state index is 0.687. The summed E-state index contributed by atoms with van der Waals surface area (Å²) in [5, 5.41) is 19.8. The molecule has 0 saturated carbocycles. The summed E-state index contributed by atoms with van der Waals surface area (Å²) in [6.45, 7) is -0.777. The minimum Gasteiger partial charge on any atom is -0.387 e. The number of nitrogens with zero attached hydrogens (tertiary/aromatic N) is 1. The lowest BCUT2D eigenvalue weighted by atomic mass is 10.1. The molecule has 2 rings (SSSR count). The lowest BCUT2D eigenvalue weighted by molar-refractivity contribution is -0.0520. The van der Waals surface area contributed by atoms with Crippen LogP contribution < -0.4 is 11.2 Å². The Kier molecular flexibility index (Phi) is 5.89. The Labute approximate surface area is 140 Å². The number of ether oxygens (including phenoxy) is 1. The molecular weight excluding hydrogens is 385 g/mol. The highest BCUT2D eigenvalue weighted by atomic mass is 31.3. The molecule has 1 fully saturated rings. The molecular formula is C9H13BN2O11P2. The molecule has 1 aromatic heterocycles. The molecule has 0 amide bonds. The molecule has 0 spiro atoms. The highest BCUT2D eigenvalue weighted by Gasteiger charge is 2.45. The van der Waals surface area contributed by atoms with Crippen LogP contribution in [0.1, 0.15) is 6.23 Å². The topological polar surface area (TPSA) is 198 Å². The average molecular weight is 398 g/mol. The van der Waals surface area contributed by atoms with Crippen LogP contribution in [0.4, 0.5) is 0 Å². The van der Waals surface area contributed by atoms with Crippen molar-refractivity contribution in [3.63, 3.8) is 0 Å². The first kappa shape index (κ1) is 20.2. The maximum Gasteiger partial charge on any atom is 0.476 e. The van der Waals surface area contributed by atoms with Gasteiger partial charge >= 0.3 is 13.5 Å². The summed E-state index contributed by atoms with van der Waals surface area (Å²) in [4.78, 5) is 41.8. The zero-order chi connectivity index (χ0) is 19.0. The van der Waals surface area contributed by atoms with Crippen LogP contribution in [0.3, 0.4) is 0 Å². The summed E-state index contributed by atoms with van der Waals surface area (Å²) in [6, 6.07) is 0.982. The standard InChI is InChI=1S/C9H13BN2O11P2/c10-24(17,23-25(18,19)20)21-3-4-6(14)7(15)8(22-4)12-2-1-5(13)11-9(12)16/h1-2,4,6-8,14-15H,3H2,(H,11,13,16)(H2,18,19,20)/t4-,6?,7+,8-,24?/m1/s1. The van der Waals surface area contributed by atoms with Gasteiger partial charge in [0, 0.05) is 12.3 Å². The molecule has 5 N–H and O–H groups in total. The second kappa shape index (κ2) is 7.27. The number of aliphatic hydroxyl groups excluding tert-OH is 2. The minimum atomic E-state index is -5.19. The van der Waals surface area contributed by atoms with Gasteiger partial charge in [-0.15, -0.1) is 0 Å². The molecule has 0 aromatic carbocycles. The van der Waals surface area contributed by atoms with Crippen molar-refractivity contribution in [2.45, 2.75) is 24.5 Å². The maximum absolute atomic E-state index is 11.7. The third kappa shape index (κ3) is 5.20. The van der Waals surface area contributed by atoms with Gasteiger partial charge in [0.2, 0.25) is 7.57 Å². The number of aliphatic hydroxyl groups is 2. The van der Waals surface area contributed by atoms with E-state index in [1.165, 1.54) is 0 Å². The van der Waals surface area contributed by atoms with Crippen LogP contribution in [0.2, 0.25) is 0 Å². The Morgan fingerprint density at radius 1 is 1.28 bits per heavy atom. The fraction of sp³-hybridized carbons (Fsp3) is 0.556. The zero-order valence-electron chi connectivity index (χ0n) is 12.2. The molecule has 1 aromatic rings. The van der Waals surface area contributed by atoms with Gasteiger partial charge in [0.15, 0.2) is 6.23 Å². The van der Waals surface area contributed by atoms with Crippen LogP contribution >= 0.6 is 15.3 Å². The molecule has 138 valence electrons. The van der Waals surface area contributed by atoms with Crippen molar-refractivity contribution < 1.29 is 42.7 Å². The lowest BCUT2D eigenvalue weighted by Gasteiger charge is -2.19. The van der Waals surface area contributed by atoms with Crippen LogP contribution in [0, 0.1) is 0 Å². The highest BCUT2D eigenvalue weighted by Crippen LogP contribution is 2.57. The lowest BCUT2D eigenvalue weighted by Crippen LogP contribution is -2.37. The molecule has 0 bridgehead atoms. The van der Waals surface area contributed by atoms with Gasteiger partial charge in [-0.25, -0.2) is 13.7 Å². The fourth-order valence-electron chi connectivity index (χ4n) is 2.07. The Morgan fingerprint density at radius 3 is 2.48 bits per heavy atom. The van der Waals surface area contributed by atoms with Crippen molar-refractivity contribution in [1.29, 1.82) is 0 Å². The van der Waals surface area contributed by atoms with E-state index in [0.717, 1.165) is 16.8 Å². The van der Waals surface area contributed by atoms with Crippen molar-refractivity contribution in [3.05, 3.63) is 33.1 Å². The van der Waals surface area contributed by atoms with Crippen molar-refractivity contribution in [2.24, 2.45) is 0 Å². The molecule has 13 nitrogen and oxygen atoms in total. The first-order valence-electron chi connectivity index (χ1n) is 6.53. The van der Waals surface area contributed by atoms with Crippen LogP contribution in [-0.4, -0.2) is 62.0 Å². The number of H-pyrrole nitrogens is 1. The van der Waals surface area contributed by atoms with Gasteiger partial charge < -0.3 is 29.3 Å². The number of phosphoric acid groups is 1. The fourth-order valence-corrected chi connectivity index (χ4v) is 3.80. The number of aromatic nitrogens is 2. The molecule has 2 heterocycles. The SMILES string of the molecule is [B]P(=O)(OC[C@H]1O[C@@H](n2ccc(=O)[nH]c2=O)[C@@H](O)C1O)OP(=O)(O)O. The second-order valence-electron chi connectivity index (χ2n) is 4.97. The van der Waals surface area contributed by atoms with E-state index in [1.807, 2.05) is 4.98 Å². The van der Waals surface area contributed by atoms with Crippen LogP contribution in [0.15, 0.2) is 21.9 Å². The molecule has 1 saturated heterocycles. The summed E-state index contributed by atoms with van der Waals surface area (Å²) < 4.78 is 36.5. The van der Waals surface area contributed by atoms with Gasteiger partial charge in [-0.2, -0.15) is 0 Å². The number of rotatable bonds is 6. The third-order valence-electron chi connectivity index (χ3n) is 3.10. The van der Waals surface area contributed by atoms with Crippen LogP contribution in [0.25, 0.3) is 0 Å². The number of nitrogens with one attached hydrogen (secondary N) is 1. The monoisotopic (exact) mass is 398 g/mol. The van der Waals surface area contributed by atoms with E-state index in [4.69, 9.17) is 22.1 Å². The van der Waals surface area contributed by atoms with Crippen molar-refractivity contribution in [3.8, 4) is 0 Å². The zero-order valence-corrected chi connectivity index (χ0v) is 14.0. The summed E-state index contributed by atoms with van der Waals surface area (Å²) in [7, 11) is -4.89. The summed E-state index contributed by atoms with van der Waals surface area (Å²) in [5.74, 6) is 0. The normalized spacial score (nSPS) is 29.4.